The van der Waals surface area contributed by atoms with Crippen LogP contribution in [0.25, 0.3) is 32.5 Å². The van der Waals surface area contributed by atoms with Crippen LogP contribution in [0.2, 0.25) is 0 Å². The SMILES string of the molecule is C=CC(=N)OCCCCCCOc1ccc(-c2ccc(-c3ccc(CCC)cc3)c(/C=N/Nc3nc4ccccc4s3)c2)cc1. The van der Waals surface area contributed by atoms with E-state index in [-0.39, 0.29) is 5.90 Å². The Kier molecular flexibility index (Phi) is 11.5. The maximum atomic E-state index is 7.42. The van der Waals surface area contributed by atoms with E-state index in [2.05, 4.69) is 89.7 Å². The number of rotatable bonds is 16. The third kappa shape index (κ3) is 9.13. The average molecular weight is 617 g/mol. The smallest absolute Gasteiger partial charge is 0.205 e. The maximum Gasteiger partial charge on any atom is 0.205 e. The number of nitrogens with one attached hydrogen (secondary N) is 2. The largest absolute Gasteiger partial charge is 0.494 e. The minimum absolute atomic E-state index is 0.136. The maximum absolute atomic E-state index is 7.42. The van der Waals surface area contributed by atoms with Crippen molar-refractivity contribution < 1.29 is 9.47 Å². The molecule has 0 amide bonds. The second kappa shape index (κ2) is 16.4. The van der Waals surface area contributed by atoms with Gasteiger partial charge in [0.05, 0.1) is 29.6 Å². The molecule has 7 heteroatoms. The number of fused-ring (bicyclic) bond motifs is 1. The van der Waals surface area contributed by atoms with Crippen molar-refractivity contribution in [1.82, 2.24) is 4.98 Å². The van der Waals surface area contributed by atoms with Crippen molar-refractivity contribution in [3.05, 3.63) is 115 Å². The summed E-state index contributed by atoms with van der Waals surface area (Å²) in [6.45, 7) is 6.97. The average Bonchev–Trinajstić information content (AvgIpc) is 3.49. The number of benzene rings is 4. The molecule has 0 aliphatic heterocycles. The van der Waals surface area contributed by atoms with Crippen LogP contribution < -0.4 is 10.2 Å². The van der Waals surface area contributed by atoms with Crippen molar-refractivity contribution >= 4 is 38.8 Å². The van der Waals surface area contributed by atoms with E-state index in [0.29, 0.717) is 13.2 Å². The standard InChI is InChI=1S/C38H40N4O2S/c1-3-11-28-14-16-30(17-15-28)34-23-20-31(26-32(34)27-40-42-38-41-35-12-7-8-13-36(35)45-38)29-18-21-33(22-19-29)43-24-9-5-6-10-25-44-37(39)4-2/h4,7-8,12-23,26-27,39H,2-3,5-6,9-11,24-25H2,1H3,(H,41,42)/b39-37?,40-27+. The van der Waals surface area contributed by atoms with E-state index in [1.54, 1.807) is 11.3 Å². The summed E-state index contributed by atoms with van der Waals surface area (Å²) >= 11 is 1.59. The predicted molar refractivity (Wildman–Crippen MR) is 190 cm³/mol. The highest BCUT2D eigenvalue weighted by Gasteiger charge is 2.09. The second-order valence-electron chi connectivity index (χ2n) is 10.8. The summed E-state index contributed by atoms with van der Waals surface area (Å²) in [4.78, 5) is 4.64. The third-order valence-electron chi connectivity index (χ3n) is 7.45. The van der Waals surface area contributed by atoms with Gasteiger partial charge in [-0.25, -0.2) is 4.98 Å². The number of hydrazone groups is 1. The molecule has 6 nitrogen and oxygen atoms in total. The molecule has 0 aliphatic rings. The lowest BCUT2D eigenvalue weighted by Gasteiger charge is -2.11. The van der Waals surface area contributed by atoms with Crippen LogP contribution in [0.3, 0.4) is 0 Å². The number of aromatic nitrogens is 1. The van der Waals surface area contributed by atoms with E-state index in [9.17, 15) is 0 Å². The Morgan fingerprint density at radius 1 is 0.889 bits per heavy atom. The van der Waals surface area contributed by atoms with Crippen LogP contribution in [-0.4, -0.2) is 30.3 Å². The summed E-state index contributed by atoms with van der Waals surface area (Å²) in [6, 6.07) is 31.8. The van der Waals surface area contributed by atoms with Crippen LogP contribution in [0, 0.1) is 5.41 Å². The number of thiazole rings is 1. The Labute approximate surface area is 270 Å². The van der Waals surface area contributed by atoms with E-state index >= 15 is 0 Å². The van der Waals surface area contributed by atoms with Crippen LogP contribution >= 0.6 is 11.3 Å². The fourth-order valence-electron chi connectivity index (χ4n) is 5.06. The zero-order chi connectivity index (χ0) is 31.3. The van der Waals surface area contributed by atoms with Crippen LogP contribution in [-0.2, 0) is 11.2 Å². The molecule has 1 aromatic heterocycles. The molecule has 45 heavy (non-hydrogen) atoms. The van der Waals surface area contributed by atoms with Crippen molar-refractivity contribution in [2.24, 2.45) is 5.10 Å². The van der Waals surface area contributed by atoms with Gasteiger partial charge in [-0.2, -0.15) is 5.10 Å². The molecule has 0 aliphatic carbocycles. The molecule has 0 atom stereocenters. The summed E-state index contributed by atoms with van der Waals surface area (Å²) in [6.07, 6.45) is 9.54. The molecule has 2 N–H and O–H groups in total. The summed E-state index contributed by atoms with van der Waals surface area (Å²) in [5, 5.41) is 12.8. The summed E-state index contributed by atoms with van der Waals surface area (Å²) < 4.78 is 12.4. The van der Waals surface area contributed by atoms with Crippen molar-refractivity contribution in [1.29, 1.82) is 5.41 Å². The van der Waals surface area contributed by atoms with Crippen LogP contribution in [0.15, 0.2) is 109 Å². The van der Waals surface area contributed by atoms with Gasteiger partial charge < -0.3 is 9.47 Å². The lowest BCUT2D eigenvalue weighted by molar-refractivity contribution is 0.280. The summed E-state index contributed by atoms with van der Waals surface area (Å²) in [5.41, 5.74) is 11.0. The highest BCUT2D eigenvalue weighted by atomic mass is 32.1. The number of ether oxygens (including phenoxy) is 2. The van der Waals surface area contributed by atoms with Crippen LogP contribution in [0.5, 0.6) is 5.75 Å². The first-order valence-corrected chi connectivity index (χ1v) is 16.4. The van der Waals surface area contributed by atoms with E-state index in [1.165, 1.54) is 11.6 Å². The zero-order valence-electron chi connectivity index (χ0n) is 25.8. The molecule has 0 bridgehead atoms. The lowest BCUT2D eigenvalue weighted by Crippen LogP contribution is -2.01. The first kappa shape index (κ1) is 31.7. The minimum Gasteiger partial charge on any atom is -0.494 e. The second-order valence-corrected chi connectivity index (χ2v) is 11.8. The van der Waals surface area contributed by atoms with Gasteiger partial charge in [-0.1, -0.05) is 91.9 Å². The van der Waals surface area contributed by atoms with Gasteiger partial charge >= 0.3 is 0 Å². The van der Waals surface area contributed by atoms with Gasteiger partial charge in [0.15, 0.2) is 0 Å². The van der Waals surface area contributed by atoms with Gasteiger partial charge in [0.1, 0.15) is 5.75 Å². The van der Waals surface area contributed by atoms with Gasteiger partial charge in [0.25, 0.3) is 0 Å². The van der Waals surface area contributed by atoms with E-state index in [0.717, 1.165) is 87.4 Å². The molecule has 5 aromatic rings. The zero-order valence-corrected chi connectivity index (χ0v) is 26.6. The molecule has 0 radical (unpaired) electrons. The minimum atomic E-state index is 0.136. The fraction of sp³-hybridized carbons (Fsp3) is 0.237. The molecule has 0 unspecified atom stereocenters. The number of hydrogen-bond acceptors (Lipinski definition) is 7. The first-order chi connectivity index (χ1) is 22.1. The highest BCUT2D eigenvalue weighted by Crippen LogP contribution is 2.30. The number of nitrogens with zero attached hydrogens (tertiary/aromatic N) is 2. The lowest BCUT2D eigenvalue weighted by atomic mass is 9.94. The van der Waals surface area contributed by atoms with Gasteiger partial charge in [-0.15, -0.1) is 0 Å². The number of para-hydroxylation sites is 1. The molecule has 230 valence electrons. The predicted octanol–water partition coefficient (Wildman–Crippen LogP) is 10.1. The van der Waals surface area contributed by atoms with Crippen molar-refractivity contribution in [2.45, 2.75) is 45.4 Å². The molecule has 0 fully saturated rings. The van der Waals surface area contributed by atoms with Crippen molar-refractivity contribution in [2.75, 3.05) is 18.6 Å². The monoisotopic (exact) mass is 616 g/mol. The van der Waals surface area contributed by atoms with E-state index < -0.39 is 0 Å². The molecule has 0 saturated heterocycles. The molecule has 0 spiro atoms. The number of hydrogen-bond donors (Lipinski definition) is 2. The number of unbranched alkanes of at least 4 members (excludes halogenated alkanes) is 3. The quantitative estimate of drug-likeness (QED) is 0.0500. The third-order valence-corrected chi connectivity index (χ3v) is 8.39. The Hall–Kier alpha value is -4.75. The summed E-state index contributed by atoms with van der Waals surface area (Å²) in [5.74, 6) is 1.00. The Balaban J connectivity index is 1.25. The Morgan fingerprint density at radius 2 is 1.62 bits per heavy atom. The molecule has 4 aromatic carbocycles. The summed E-state index contributed by atoms with van der Waals surface area (Å²) in [7, 11) is 0. The van der Waals surface area contributed by atoms with Crippen molar-refractivity contribution in [3.63, 3.8) is 0 Å². The van der Waals surface area contributed by atoms with Gasteiger partial charge in [0.2, 0.25) is 11.0 Å². The molecular formula is C38H40N4O2S. The molecular weight excluding hydrogens is 577 g/mol. The normalized spacial score (nSPS) is 11.1. The van der Waals surface area contributed by atoms with Gasteiger partial charge in [-0.05, 0) is 96.3 Å². The Bertz CT molecular complexity index is 1690. The molecule has 1 heterocycles. The van der Waals surface area contributed by atoms with Crippen LogP contribution in [0.4, 0.5) is 5.13 Å². The highest BCUT2D eigenvalue weighted by molar-refractivity contribution is 7.22. The van der Waals surface area contributed by atoms with E-state index in [1.807, 2.05) is 36.5 Å². The Morgan fingerprint density at radius 3 is 2.38 bits per heavy atom. The molecule has 0 saturated carbocycles. The van der Waals surface area contributed by atoms with Gasteiger partial charge in [0, 0.05) is 5.56 Å². The topological polar surface area (TPSA) is 79.6 Å². The van der Waals surface area contributed by atoms with Crippen molar-refractivity contribution in [3.8, 4) is 28.0 Å². The first-order valence-electron chi connectivity index (χ1n) is 15.6. The van der Waals surface area contributed by atoms with E-state index in [4.69, 9.17) is 14.9 Å². The van der Waals surface area contributed by atoms with Gasteiger partial charge in [-0.3, -0.25) is 10.8 Å². The number of aryl methyl sites for hydroxylation is 1. The number of anilines is 1. The fourth-order valence-corrected chi connectivity index (χ4v) is 5.88. The van der Waals surface area contributed by atoms with Crippen LogP contribution in [0.1, 0.15) is 50.2 Å². The molecule has 5 rings (SSSR count).